The maximum Gasteiger partial charge on any atom is 0.276 e. The minimum atomic E-state index is -0.444. The van der Waals surface area contributed by atoms with E-state index in [0.717, 1.165) is 0 Å². The van der Waals surface area contributed by atoms with Gasteiger partial charge < -0.3 is 10.6 Å². The third kappa shape index (κ3) is 2.17. The molecule has 0 spiro atoms. The molecule has 1 aromatic carbocycles. The molecule has 18 heavy (non-hydrogen) atoms. The van der Waals surface area contributed by atoms with Crippen molar-refractivity contribution >= 4 is 17.4 Å². The van der Waals surface area contributed by atoms with Crippen LogP contribution in [0.25, 0.3) is 0 Å². The van der Waals surface area contributed by atoms with Crippen molar-refractivity contribution in [2.45, 2.75) is 6.92 Å². The van der Waals surface area contributed by atoms with Gasteiger partial charge in [-0.15, -0.1) is 0 Å². The van der Waals surface area contributed by atoms with Crippen LogP contribution >= 0.6 is 0 Å². The number of aromatic amines is 1. The molecular weight excluding hydrogens is 235 g/mol. The van der Waals surface area contributed by atoms with Gasteiger partial charge in [0, 0.05) is 12.6 Å². The molecule has 5 nitrogen and oxygen atoms in total. The van der Waals surface area contributed by atoms with Crippen molar-refractivity contribution in [3.8, 4) is 0 Å². The maximum absolute atomic E-state index is 13.7. The Hall–Kier alpha value is -2.37. The van der Waals surface area contributed by atoms with Gasteiger partial charge in [-0.1, -0.05) is 12.1 Å². The number of nitrogens with two attached hydrogens (primary N) is 1. The average molecular weight is 248 g/mol. The normalized spacial score (nSPS) is 10.3. The quantitative estimate of drug-likeness (QED) is 0.869. The average Bonchev–Trinajstić information content (AvgIpc) is 2.79. The van der Waals surface area contributed by atoms with Crippen LogP contribution in [0.3, 0.4) is 0 Å². The number of carbonyl (C=O) groups is 1. The Balaban J connectivity index is 2.35. The fourth-order valence-corrected chi connectivity index (χ4v) is 1.69. The van der Waals surface area contributed by atoms with Crippen LogP contribution in [0.2, 0.25) is 0 Å². The van der Waals surface area contributed by atoms with Gasteiger partial charge in [0.2, 0.25) is 0 Å². The van der Waals surface area contributed by atoms with E-state index in [-0.39, 0.29) is 23.1 Å². The predicted octanol–water partition coefficient (Wildman–Crippen LogP) is 1.80. The summed E-state index contributed by atoms with van der Waals surface area (Å²) in [6.07, 6.45) is 0. The van der Waals surface area contributed by atoms with Crippen molar-refractivity contribution in [3.05, 3.63) is 41.8 Å². The number of hydrogen-bond donors (Lipinski definition) is 2. The standard InChI is InChI=1S/C12H13FN4O/c1-2-17(10-6-4-3-5-8(10)13)12(18)9-7-11(14)16-15-9/h3-7H,2H2,1H3,(H3,14,15,16). The van der Waals surface area contributed by atoms with Gasteiger partial charge in [0.25, 0.3) is 5.91 Å². The summed E-state index contributed by atoms with van der Waals surface area (Å²) in [5.41, 5.74) is 5.91. The van der Waals surface area contributed by atoms with Crippen LogP contribution in [0.4, 0.5) is 15.9 Å². The Morgan fingerprint density at radius 3 is 2.78 bits per heavy atom. The van der Waals surface area contributed by atoms with E-state index in [2.05, 4.69) is 10.2 Å². The largest absolute Gasteiger partial charge is 0.382 e. The molecule has 2 rings (SSSR count). The fourth-order valence-electron chi connectivity index (χ4n) is 1.69. The second kappa shape index (κ2) is 4.87. The molecule has 0 aliphatic carbocycles. The number of nitrogens with zero attached hydrogens (tertiary/aromatic N) is 2. The van der Waals surface area contributed by atoms with Crippen molar-refractivity contribution in [2.75, 3.05) is 17.2 Å². The second-order valence-electron chi connectivity index (χ2n) is 3.71. The number of nitrogens with one attached hydrogen (secondary N) is 1. The summed E-state index contributed by atoms with van der Waals surface area (Å²) in [6, 6.07) is 7.54. The molecule has 0 saturated carbocycles. The number of carbonyl (C=O) groups excluding carboxylic acids is 1. The lowest BCUT2D eigenvalue weighted by Gasteiger charge is -2.20. The highest BCUT2D eigenvalue weighted by Crippen LogP contribution is 2.20. The van der Waals surface area contributed by atoms with Gasteiger partial charge in [0.15, 0.2) is 0 Å². The molecule has 6 heteroatoms. The van der Waals surface area contributed by atoms with Gasteiger partial charge in [0.05, 0.1) is 5.69 Å². The van der Waals surface area contributed by atoms with Gasteiger partial charge in [0.1, 0.15) is 17.3 Å². The van der Waals surface area contributed by atoms with E-state index in [9.17, 15) is 9.18 Å². The molecule has 2 aromatic rings. The molecule has 1 heterocycles. The van der Waals surface area contributed by atoms with E-state index in [1.165, 1.54) is 17.0 Å². The number of amides is 1. The van der Waals surface area contributed by atoms with Gasteiger partial charge in [-0.25, -0.2) is 4.39 Å². The van der Waals surface area contributed by atoms with Crippen molar-refractivity contribution in [2.24, 2.45) is 0 Å². The fraction of sp³-hybridized carbons (Fsp3) is 0.167. The number of halogens is 1. The molecule has 0 aliphatic heterocycles. The summed E-state index contributed by atoms with van der Waals surface area (Å²) in [5, 5.41) is 6.20. The van der Waals surface area contributed by atoms with Gasteiger partial charge in [-0.2, -0.15) is 5.10 Å². The van der Waals surface area contributed by atoms with E-state index >= 15 is 0 Å². The van der Waals surface area contributed by atoms with Gasteiger partial charge >= 0.3 is 0 Å². The summed E-state index contributed by atoms with van der Waals surface area (Å²) in [6.45, 7) is 2.11. The number of benzene rings is 1. The Labute approximate surface area is 103 Å². The topological polar surface area (TPSA) is 75.0 Å². The van der Waals surface area contributed by atoms with Crippen LogP contribution in [0.5, 0.6) is 0 Å². The first-order chi connectivity index (χ1) is 8.63. The first-order valence-corrected chi connectivity index (χ1v) is 5.50. The summed E-state index contributed by atoms with van der Waals surface area (Å²) >= 11 is 0. The molecule has 0 fully saturated rings. The minimum Gasteiger partial charge on any atom is -0.382 e. The number of hydrogen-bond acceptors (Lipinski definition) is 3. The van der Waals surface area contributed by atoms with Crippen molar-refractivity contribution in [3.63, 3.8) is 0 Å². The van der Waals surface area contributed by atoms with Gasteiger partial charge in [-0.3, -0.25) is 9.89 Å². The van der Waals surface area contributed by atoms with E-state index in [0.29, 0.717) is 6.54 Å². The van der Waals surface area contributed by atoms with E-state index in [1.54, 1.807) is 25.1 Å². The molecule has 0 radical (unpaired) electrons. The Morgan fingerprint density at radius 1 is 1.50 bits per heavy atom. The van der Waals surface area contributed by atoms with Crippen molar-refractivity contribution < 1.29 is 9.18 Å². The minimum absolute atomic E-state index is 0.225. The lowest BCUT2D eigenvalue weighted by molar-refractivity contribution is 0.0982. The van der Waals surface area contributed by atoms with Crippen LogP contribution in [-0.2, 0) is 0 Å². The molecule has 0 bridgehead atoms. The molecular formula is C12H13FN4O. The predicted molar refractivity (Wildman–Crippen MR) is 66.8 cm³/mol. The van der Waals surface area contributed by atoms with Crippen LogP contribution in [0.15, 0.2) is 30.3 Å². The number of anilines is 2. The summed E-state index contributed by atoms with van der Waals surface area (Å²) in [4.78, 5) is 13.5. The second-order valence-corrected chi connectivity index (χ2v) is 3.71. The summed E-state index contributed by atoms with van der Waals surface area (Å²) in [7, 11) is 0. The molecule has 94 valence electrons. The number of H-pyrrole nitrogens is 1. The zero-order chi connectivity index (χ0) is 13.1. The van der Waals surface area contributed by atoms with Crippen LogP contribution in [-0.4, -0.2) is 22.6 Å². The highest BCUT2D eigenvalue weighted by molar-refractivity contribution is 6.05. The maximum atomic E-state index is 13.7. The summed E-state index contributed by atoms with van der Waals surface area (Å²) in [5.74, 6) is -0.588. The molecule has 3 N–H and O–H groups in total. The van der Waals surface area contributed by atoms with Gasteiger partial charge in [-0.05, 0) is 19.1 Å². The number of nitrogen functional groups attached to an aromatic ring is 1. The number of aromatic nitrogens is 2. The van der Waals surface area contributed by atoms with E-state index in [4.69, 9.17) is 5.73 Å². The SMILES string of the molecule is CCN(C(=O)c1cc(N)n[nH]1)c1ccccc1F. The molecule has 0 saturated heterocycles. The van der Waals surface area contributed by atoms with E-state index in [1.807, 2.05) is 0 Å². The highest BCUT2D eigenvalue weighted by Gasteiger charge is 2.20. The van der Waals surface area contributed by atoms with Crippen molar-refractivity contribution in [1.29, 1.82) is 0 Å². The lowest BCUT2D eigenvalue weighted by Crippen LogP contribution is -2.31. The van der Waals surface area contributed by atoms with Crippen molar-refractivity contribution in [1.82, 2.24) is 10.2 Å². The van der Waals surface area contributed by atoms with Crippen LogP contribution < -0.4 is 10.6 Å². The third-order valence-corrected chi connectivity index (χ3v) is 2.53. The molecule has 0 unspecified atom stereocenters. The lowest BCUT2D eigenvalue weighted by atomic mass is 10.2. The van der Waals surface area contributed by atoms with E-state index < -0.39 is 5.82 Å². The first kappa shape index (κ1) is 12.1. The molecule has 1 aromatic heterocycles. The smallest absolute Gasteiger partial charge is 0.276 e. The zero-order valence-electron chi connectivity index (χ0n) is 9.85. The Kier molecular flexibility index (Phi) is 3.27. The third-order valence-electron chi connectivity index (χ3n) is 2.53. The Morgan fingerprint density at radius 2 is 2.22 bits per heavy atom. The van der Waals surface area contributed by atoms with Crippen LogP contribution in [0.1, 0.15) is 17.4 Å². The number of rotatable bonds is 3. The Bertz CT molecular complexity index is 567. The molecule has 1 amide bonds. The molecule has 0 aliphatic rings. The zero-order valence-corrected chi connectivity index (χ0v) is 9.85. The number of para-hydroxylation sites is 1. The first-order valence-electron chi connectivity index (χ1n) is 5.50. The molecule has 0 atom stereocenters. The monoisotopic (exact) mass is 248 g/mol. The highest BCUT2D eigenvalue weighted by atomic mass is 19.1. The summed E-state index contributed by atoms with van der Waals surface area (Å²) < 4.78 is 13.7. The van der Waals surface area contributed by atoms with Crippen LogP contribution in [0, 0.1) is 5.82 Å².